The standard InChI is InChI=1S/C13H10ClNO3/c14-9-3-1-8(2-4-9)5-10-6-11(13(17)18)12(16)7-15-10/h1-4,6-7,16H,5H2,(H,17,18). The van der Waals surface area contributed by atoms with Crippen molar-refractivity contribution in [3.8, 4) is 5.75 Å². The lowest BCUT2D eigenvalue weighted by atomic mass is 10.1. The Morgan fingerprint density at radius 2 is 1.94 bits per heavy atom. The van der Waals surface area contributed by atoms with E-state index in [9.17, 15) is 9.90 Å². The molecule has 0 radical (unpaired) electrons. The van der Waals surface area contributed by atoms with Crippen molar-refractivity contribution in [1.82, 2.24) is 4.98 Å². The Bertz CT molecular complexity index is 581. The number of carboxylic acid groups (broad SMARTS) is 1. The van der Waals surface area contributed by atoms with Gasteiger partial charge in [0.2, 0.25) is 0 Å². The molecule has 18 heavy (non-hydrogen) atoms. The van der Waals surface area contributed by atoms with Crippen LogP contribution in [0.5, 0.6) is 5.75 Å². The highest BCUT2D eigenvalue weighted by Crippen LogP contribution is 2.18. The Kier molecular flexibility index (Phi) is 3.48. The van der Waals surface area contributed by atoms with Crippen molar-refractivity contribution in [1.29, 1.82) is 0 Å². The lowest BCUT2D eigenvalue weighted by Crippen LogP contribution is -2.01. The first kappa shape index (κ1) is 12.4. The molecule has 1 aromatic carbocycles. The van der Waals surface area contributed by atoms with Crippen LogP contribution in [0.1, 0.15) is 21.6 Å². The molecule has 0 amide bonds. The lowest BCUT2D eigenvalue weighted by molar-refractivity contribution is 0.0693. The number of pyridine rings is 1. The van der Waals surface area contributed by atoms with Crippen LogP contribution in [0.2, 0.25) is 5.02 Å². The average molecular weight is 264 g/mol. The molecule has 0 atom stereocenters. The number of benzene rings is 1. The van der Waals surface area contributed by atoms with E-state index < -0.39 is 5.97 Å². The van der Waals surface area contributed by atoms with Crippen molar-refractivity contribution >= 4 is 17.6 Å². The van der Waals surface area contributed by atoms with Gasteiger partial charge in [0.05, 0.1) is 6.20 Å². The van der Waals surface area contributed by atoms with Crippen LogP contribution in [-0.4, -0.2) is 21.2 Å². The Balaban J connectivity index is 2.27. The molecule has 4 nitrogen and oxygen atoms in total. The highest BCUT2D eigenvalue weighted by molar-refractivity contribution is 6.30. The molecule has 0 saturated carbocycles. The molecular weight excluding hydrogens is 254 g/mol. The predicted molar refractivity (Wildman–Crippen MR) is 67.1 cm³/mol. The quantitative estimate of drug-likeness (QED) is 0.893. The van der Waals surface area contributed by atoms with E-state index in [-0.39, 0.29) is 11.3 Å². The Morgan fingerprint density at radius 1 is 1.28 bits per heavy atom. The average Bonchev–Trinajstić information content (AvgIpc) is 2.34. The number of aromatic nitrogens is 1. The Morgan fingerprint density at radius 3 is 2.56 bits per heavy atom. The van der Waals surface area contributed by atoms with Gasteiger partial charge in [0, 0.05) is 17.1 Å². The summed E-state index contributed by atoms with van der Waals surface area (Å²) in [5, 5.41) is 18.9. The largest absolute Gasteiger partial charge is 0.505 e. The number of carbonyl (C=O) groups is 1. The van der Waals surface area contributed by atoms with Gasteiger partial charge < -0.3 is 10.2 Å². The van der Waals surface area contributed by atoms with Gasteiger partial charge in [0.25, 0.3) is 0 Å². The molecule has 0 spiro atoms. The molecular formula is C13H10ClNO3. The van der Waals surface area contributed by atoms with Crippen LogP contribution in [-0.2, 0) is 6.42 Å². The van der Waals surface area contributed by atoms with E-state index in [4.69, 9.17) is 16.7 Å². The molecule has 0 aliphatic heterocycles. The number of rotatable bonds is 3. The normalized spacial score (nSPS) is 10.3. The van der Waals surface area contributed by atoms with Gasteiger partial charge in [-0.15, -0.1) is 0 Å². The van der Waals surface area contributed by atoms with Crippen molar-refractivity contribution in [3.63, 3.8) is 0 Å². The summed E-state index contributed by atoms with van der Waals surface area (Å²) in [5.74, 6) is -1.50. The second-order valence-electron chi connectivity index (χ2n) is 3.80. The number of aromatic hydroxyl groups is 1. The highest BCUT2D eigenvalue weighted by atomic mass is 35.5. The number of hydrogen-bond acceptors (Lipinski definition) is 3. The molecule has 0 unspecified atom stereocenters. The number of carboxylic acids is 1. The van der Waals surface area contributed by atoms with Gasteiger partial charge in [-0.3, -0.25) is 4.98 Å². The molecule has 5 heteroatoms. The maximum atomic E-state index is 10.9. The van der Waals surface area contributed by atoms with E-state index >= 15 is 0 Å². The summed E-state index contributed by atoms with van der Waals surface area (Å²) in [6, 6.07) is 8.58. The molecule has 2 N–H and O–H groups in total. The zero-order valence-electron chi connectivity index (χ0n) is 9.30. The second-order valence-corrected chi connectivity index (χ2v) is 4.24. The molecule has 0 bridgehead atoms. The van der Waals surface area contributed by atoms with Crippen LogP contribution in [0.15, 0.2) is 36.5 Å². The van der Waals surface area contributed by atoms with E-state index in [0.717, 1.165) is 11.8 Å². The fraction of sp³-hybridized carbons (Fsp3) is 0.0769. The van der Waals surface area contributed by atoms with Gasteiger partial charge in [-0.25, -0.2) is 4.79 Å². The van der Waals surface area contributed by atoms with E-state index in [0.29, 0.717) is 17.1 Å². The molecule has 0 aliphatic carbocycles. The van der Waals surface area contributed by atoms with Crippen LogP contribution in [0.25, 0.3) is 0 Å². The van der Waals surface area contributed by atoms with E-state index in [1.807, 2.05) is 12.1 Å². The van der Waals surface area contributed by atoms with E-state index in [1.54, 1.807) is 12.1 Å². The summed E-state index contributed by atoms with van der Waals surface area (Å²) in [6.07, 6.45) is 1.63. The zero-order valence-corrected chi connectivity index (χ0v) is 10.1. The summed E-state index contributed by atoms with van der Waals surface area (Å²) in [4.78, 5) is 14.9. The molecule has 1 heterocycles. The van der Waals surface area contributed by atoms with Crippen LogP contribution in [0, 0.1) is 0 Å². The second kappa shape index (κ2) is 5.06. The van der Waals surface area contributed by atoms with Crippen molar-refractivity contribution < 1.29 is 15.0 Å². The first-order valence-corrected chi connectivity index (χ1v) is 5.59. The fourth-order valence-electron chi connectivity index (χ4n) is 1.57. The summed E-state index contributed by atoms with van der Waals surface area (Å²) in [5.41, 5.74) is 1.40. The summed E-state index contributed by atoms with van der Waals surface area (Å²) < 4.78 is 0. The summed E-state index contributed by atoms with van der Waals surface area (Å²) in [7, 11) is 0. The van der Waals surface area contributed by atoms with Gasteiger partial charge in [0.1, 0.15) is 11.3 Å². The Labute approximate surface area is 108 Å². The van der Waals surface area contributed by atoms with Crippen molar-refractivity contribution in [3.05, 3.63) is 58.4 Å². The van der Waals surface area contributed by atoms with Gasteiger partial charge in [0.15, 0.2) is 0 Å². The monoisotopic (exact) mass is 263 g/mol. The van der Waals surface area contributed by atoms with Gasteiger partial charge in [-0.1, -0.05) is 23.7 Å². The first-order chi connectivity index (χ1) is 8.56. The number of hydrogen-bond donors (Lipinski definition) is 2. The van der Waals surface area contributed by atoms with Crippen LogP contribution < -0.4 is 0 Å². The third-order valence-electron chi connectivity index (χ3n) is 2.47. The van der Waals surface area contributed by atoms with Crippen molar-refractivity contribution in [2.75, 3.05) is 0 Å². The molecule has 0 aliphatic rings. The summed E-state index contributed by atoms with van der Waals surface area (Å²) >= 11 is 5.78. The number of aromatic carboxylic acids is 1. The fourth-order valence-corrected chi connectivity index (χ4v) is 1.70. The van der Waals surface area contributed by atoms with Gasteiger partial charge >= 0.3 is 5.97 Å². The third-order valence-corrected chi connectivity index (χ3v) is 2.72. The summed E-state index contributed by atoms with van der Waals surface area (Å²) in [6.45, 7) is 0. The third kappa shape index (κ3) is 2.78. The molecule has 2 aromatic rings. The molecule has 0 saturated heterocycles. The maximum absolute atomic E-state index is 10.9. The van der Waals surface area contributed by atoms with Crippen LogP contribution in [0.3, 0.4) is 0 Å². The molecule has 2 rings (SSSR count). The first-order valence-electron chi connectivity index (χ1n) is 5.22. The lowest BCUT2D eigenvalue weighted by Gasteiger charge is -2.04. The van der Waals surface area contributed by atoms with E-state index in [2.05, 4.69) is 4.98 Å². The maximum Gasteiger partial charge on any atom is 0.339 e. The van der Waals surface area contributed by atoms with Gasteiger partial charge in [-0.2, -0.15) is 0 Å². The minimum atomic E-state index is -1.17. The van der Waals surface area contributed by atoms with Gasteiger partial charge in [-0.05, 0) is 23.8 Å². The van der Waals surface area contributed by atoms with E-state index in [1.165, 1.54) is 6.07 Å². The topological polar surface area (TPSA) is 70.4 Å². The zero-order chi connectivity index (χ0) is 13.1. The van der Waals surface area contributed by atoms with Crippen LogP contribution in [0.4, 0.5) is 0 Å². The number of nitrogens with zero attached hydrogens (tertiary/aromatic N) is 1. The van der Waals surface area contributed by atoms with Crippen molar-refractivity contribution in [2.24, 2.45) is 0 Å². The SMILES string of the molecule is O=C(O)c1cc(Cc2ccc(Cl)cc2)ncc1O. The minimum Gasteiger partial charge on any atom is -0.505 e. The molecule has 0 fully saturated rings. The highest BCUT2D eigenvalue weighted by Gasteiger charge is 2.11. The molecule has 1 aromatic heterocycles. The number of halogens is 1. The minimum absolute atomic E-state index is 0.144. The van der Waals surface area contributed by atoms with Crippen LogP contribution >= 0.6 is 11.6 Å². The Hall–Kier alpha value is -2.07. The predicted octanol–water partition coefficient (Wildman–Crippen LogP) is 2.73. The molecule has 92 valence electrons. The van der Waals surface area contributed by atoms with Crippen molar-refractivity contribution in [2.45, 2.75) is 6.42 Å². The smallest absolute Gasteiger partial charge is 0.339 e.